The third-order valence-electron chi connectivity index (χ3n) is 6.26. The second-order valence-corrected chi connectivity index (χ2v) is 7.96. The summed E-state index contributed by atoms with van der Waals surface area (Å²) in [6.45, 7) is 3.16. The standard InChI is InChI=1S/C25H22O3/c1-16(26)22-23(17-10-4-3-5-11-17)25(28-24(22,2)27)20-14-8-6-12-18(20)19-13-7-9-15-21(19)25/h3-15,22-23,27H,1-2H3/t22-,23-,24+/m0/s1. The molecular formula is C25H22O3. The molecule has 0 radical (unpaired) electrons. The van der Waals surface area contributed by atoms with Gasteiger partial charge in [-0.1, -0.05) is 78.9 Å². The first-order chi connectivity index (χ1) is 13.5. The zero-order valence-corrected chi connectivity index (χ0v) is 15.9. The summed E-state index contributed by atoms with van der Waals surface area (Å²) in [4.78, 5) is 12.8. The van der Waals surface area contributed by atoms with Crippen LogP contribution in [0.15, 0.2) is 78.9 Å². The van der Waals surface area contributed by atoms with Crippen LogP contribution in [-0.4, -0.2) is 16.7 Å². The molecule has 0 amide bonds. The van der Waals surface area contributed by atoms with Gasteiger partial charge in [-0.05, 0) is 41.7 Å². The predicted molar refractivity (Wildman–Crippen MR) is 108 cm³/mol. The van der Waals surface area contributed by atoms with Crippen LogP contribution in [0, 0.1) is 5.92 Å². The quantitative estimate of drug-likeness (QED) is 0.715. The van der Waals surface area contributed by atoms with E-state index in [-0.39, 0.29) is 11.7 Å². The Kier molecular flexibility index (Phi) is 3.64. The lowest BCUT2D eigenvalue weighted by Crippen LogP contribution is -2.37. The van der Waals surface area contributed by atoms with Crippen molar-refractivity contribution in [3.8, 4) is 11.1 Å². The maximum Gasteiger partial charge on any atom is 0.174 e. The lowest BCUT2D eigenvalue weighted by atomic mass is 9.69. The van der Waals surface area contributed by atoms with Gasteiger partial charge in [0.2, 0.25) is 0 Å². The number of Topliss-reactive ketones (excluding diaryl/α,β-unsaturated/α-hetero) is 1. The van der Waals surface area contributed by atoms with Crippen LogP contribution in [0.25, 0.3) is 11.1 Å². The first-order valence-corrected chi connectivity index (χ1v) is 9.64. The number of hydrogen-bond donors (Lipinski definition) is 1. The van der Waals surface area contributed by atoms with Gasteiger partial charge in [-0.15, -0.1) is 0 Å². The highest BCUT2D eigenvalue weighted by atomic mass is 16.6. The first kappa shape index (κ1) is 17.4. The van der Waals surface area contributed by atoms with E-state index >= 15 is 0 Å². The Morgan fingerprint density at radius 3 is 1.89 bits per heavy atom. The average molecular weight is 370 g/mol. The largest absolute Gasteiger partial charge is 0.365 e. The lowest BCUT2D eigenvalue weighted by Gasteiger charge is -2.34. The van der Waals surface area contributed by atoms with E-state index in [1.165, 1.54) is 0 Å². The van der Waals surface area contributed by atoms with Gasteiger partial charge in [0, 0.05) is 5.92 Å². The van der Waals surface area contributed by atoms with Gasteiger partial charge in [0.1, 0.15) is 11.4 Å². The Morgan fingerprint density at radius 1 is 0.857 bits per heavy atom. The highest BCUT2D eigenvalue weighted by Crippen LogP contribution is 2.65. The van der Waals surface area contributed by atoms with Crippen molar-refractivity contribution in [3.63, 3.8) is 0 Å². The molecule has 3 aromatic carbocycles. The predicted octanol–water partition coefficient (Wildman–Crippen LogP) is 4.64. The van der Waals surface area contributed by atoms with Crippen LogP contribution in [0.5, 0.6) is 0 Å². The third-order valence-corrected chi connectivity index (χ3v) is 6.26. The molecule has 3 nitrogen and oxygen atoms in total. The number of carbonyl (C=O) groups is 1. The molecule has 3 heteroatoms. The summed E-state index contributed by atoms with van der Waals surface area (Å²) >= 11 is 0. The number of rotatable bonds is 2. The minimum Gasteiger partial charge on any atom is -0.365 e. The van der Waals surface area contributed by atoms with Crippen LogP contribution in [0.2, 0.25) is 0 Å². The van der Waals surface area contributed by atoms with Crippen molar-refractivity contribution >= 4 is 5.78 Å². The summed E-state index contributed by atoms with van der Waals surface area (Å²) in [5, 5.41) is 11.3. The molecule has 3 aromatic rings. The van der Waals surface area contributed by atoms with Crippen molar-refractivity contribution in [2.45, 2.75) is 31.2 Å². The molecule has 1 fully saturated rings. The molecule has 0 unspecified atom stereocenters. The fourth-order valence-corrected chi connectivity index (χ4v) is 5.37. The molecule has 1 spiro atoms. The van der Waals surface area contributed by atoms with E-state index in [2.05, 4.69) is 24.3 Å². The molecule has 1 aliphatic carbocycles. The minimum absolute atomic E-state index is 0.0717. The van der Waals surface area contributed by atoms with Gasteiger partial charge < -0.3 is 9.84 Å². The number of hydrogen-bond acceptors (Lipinski definition) is 3. The summed E-state index contributed by atoms with van der Waals surface area (Å²) in [5.41, 5.74) is 4.29. The summed E-state index contributed by atoms with van der Waals surface area (Å²) in [6, 6.07) is 26.3. The summed E-state index contributed by atoms with van der Waals surface area (Å²) in [6.07, 6.45) is 0. The van der Waals surface area contributed by atoms with Crippen molar-refractivity contribution < 1.29 is 14.6 Å². The van der Waals surface area contributed by atoms with Crippen LogP contribution in [0.3, 0.4) is 0 Å². The number of fused-ring (bicyclic) bond motifs is 5. The van der Waals surface area contributed by atoms with Crippen molar-refractivity contribution in [1.29, 1.82) is 0 Å². The van der Waals surface area contributed by atoms with Gasteiger partial charge in [0.15, 0.2) is 5.79 Å². The van der Waals surface area contributed by atoms with Crippen molar-refractivity contribution in [1.82, 2.24) is 0 Å². The fourth-order valence-electron chi connectivity index (χ4n) is 5.37. The molecule has 1 aliphatic heterocycles. The molecule has 28 heavy (non-hydrogen) atoms. The van der Waals surface area contributed by atoms with E-state index in [4.69, 9.17) is 4.74 Å². The maximum atomic E-state index is 12.8. The molecule has 3 atom stereocenters. The normalized spacial score (nSPS) is 26.8. The Bertz CT molecular complexity index is 1020. The van der Waals surface area contributed by atoms with Crippen molar-refractivity contribution in [3.05, 3.63) is 95.6 Å². The molecule has 0 aromatic heterocycles. The molecule has 5 rings (SSSR count). The Hall–Kier alpha value is -2.75. The topological polar surface area (TPSA) is 46.5 Å². The number of aliphatic hydroxyl groups is 1. The number of carbonyl (C=O) groups excluding carboxylic acids is 1. The second kappa shape index (κ2) is 5.87. The van der Waals surface area contributed by atoms with Crippen LogP contribution in [0.4, 0.5) is 0 Å². The Balaban J connectivity index is 1.89. The molecular weight excluding hydrogens is 348 g/mol. The van der Waals surface area contributed by atoms with Crippen LogP contribution in [0.1, 0.15) is 36.5 Å². The molecule has 0 bridgehead atoms. The van der Waals surface area contributed by atoms with E-state index in [9.17, 15) is 9.90 Å². The SMILES string of the molecule is CC(=O)[C@H]1[C@H](c2ccccc2)C2(O[C@@]1(C)O)c1ccccc1-c1ccccc12. The fraction of sp³-hybridized carbons (Fsp3) is 0.240. The van der Waals surface area contributed by atoms with E-state index in [1.807, 2.05) is 54.6 Å². The number of benzene rings is 3. The highest BCUT2D eigenvalue weighted by molar-refractivity contribution is 5.85. The van der Waals surface area contributed by atoms with E-state index in [0.29, 0.717) is 0 Å². The average Bonchev–Trinajstić information content (AvgIpc) is 3.12. The van der Waals surface area contributed by atoms with E-state index in [1.54, 1.807) is 13.8 Å². The molecule has 1 N–H and O–H groups in total. The Labute approximate surface area is 164 Å². The highest BCUT2D eigenvalue weighted by Gasteiger charge is 2.65. The van der Waals surface area contributed by atoms with Gasteiger partial charge in [0.25, 0.3) is 0 Å². The van der Waals surface area contributed by atoms with E-state index in [0.717, 1.165) is 27.8 Å². The number of ketones is 1. The van der Waals surface area contributed by atoms with Crippen molar-refractivity contribution in [2.24, 2.45) is 5.92 Å². The Morgan fingerprint density at radius 2 is 1.36 bits per heavy atom. The third kappa shape index (κ3) is 2.15. The minimum atomic E-state index is -1.57. The summed E-state index contributed by atoms with van der Waals surface area (Å²) in [5.74, 6) is -2.64. The summed E-state index contributed by atoms with van der Waals surface area (Å²) < 4.78 is 6.53. The number of ether oxygens (including phenoxy) is 1. The zero-order chi connectivity index (χ0) is 19.5. The van der Waals surface area contributed by atoms with Gasteiger partial charge in [-0.3, -0.25) is 4.79 Å². The van der Waals surface area contributed by atoms with Gasteiger partial charge in [0.05, 0.1) is 5.92 Å². The molecule has 1 saturated heterocycles. The van der Waals surface area contributed by atoms with Gasteiger partial charge in [-0.25, -0.2) is 0 Å². The van der Waals surface area contributed by atoms with Gasteiger partial charge in [-0.2, -0.15) is 0 Å². The molecule has 1 heterocycles. The second-order valence-electron chi connectivity index (χ2n) is 7.96. The van der Waals surface area contributed by atoms with E-state index < -0.39 is 17.3 Å². The van der Waals surface area contributed by atoms with Crippen molar-refractivity contribution in [2.75, 3.05) is 0 Å². The molecule has 140 valence electrons. The first-order valence-electron chi connectivity index (χ1n) is 9.64. The molecule has 2 aliphatic rings. The smallest absolute Gasteiger partial charge is 0.174 e. The summed E-state index contributed by atoms with van der Waals surface area (Å²) in [7, 11) is 0. The van der Waals surface area contributed by atoms with Crippen LogP contribution < -0.4 is 0 Å². The zero-order valence-electron chi connectivity index (χ0n) is 15.9. The van der Waals surface area contributed by atoms with Crippen LogP contribution >= 0.6 is 0 Å². The molecule has 0 saturated carbocycles. The van der Waals surface area contributed by atoms with Gasteiger partial charge >= 0.3 is 0 Å². The maximum absolute atomic E-state index is 12.8. The monoisotopic (exact) mass is 370 g/mol. The lowest BCUT2D eigenvalue weighted by molar-refractivity contribution is -0.217. The van der Waals surface area contributed by atoms with Crippen LogP contribution in [-0.2, 0) is 15.1 Å².